The van der Waals surface area contributed by atoms with E-state index >= 15 is 0 Å². The number of likely N-dealkylation sites (N-methyl/N-ethyl adjacent to an activating group) is 1. The Morgan fingerprint density at radius 2 is 2.35 bits per heavy atom. The molecule has 88 valence electrons. The van der Waals surface area contributed by atoms with Crippen LogP contribution in [0.25, 0.3) is 17.3 Å². The van der Waals surface area contributed by atoms with Crippen molar-refractivity contribution >= 4 is 6.08 Å². The van der Waals surface area contributed by atoms with Crippen LogP contribution in [0.3, 0.4) is 0 Å². The fourth-order valence-corrected chi connectivity index (χ4v) is 1.60. The maximum Gasteiger partial charge on any atom is 0.123 e. The topological polar surface area (TPSA) is 40.7 Å². The van der Waals surface area contributed by atoms with Gasteiger partial charge in [0.25, 0.3) is 0 Å². The van der Waals surface area contributed by atoms with Crippen molar-refractivity contribution in [3.8, 4) is 11.3 Å². The highest BCUT2D eigenvalue weighted by molar-refractivity contribution is 5.71. The van der Waals surface area contributed by atoms with Crippen LogP contribution in [0.1, 0.15) is 5.56 Å². The van der Waals surface area contributed by atoms with Gasteiger partial charge in [0.2, 0.25) is 0 Å². The molecule has 17 heavy (non-hydrogen) atoms. The van der Waals surface area contributed by atoms with Gasteiger partial charge in [-0.05, 0) is 19.2 Å². The molecular formula is C13H14FN3. The van der Waals surface area contributed by atoms with E-state index in [1.807, 2.05) is 25.3 Å². The second-order valence-corrected chi connectivity index (χ2v) is 3.67. The molecular weight excluding hydrogens is 217 g/mol. The minimum atomic E-state index is -0.248. The molecule has 1 aromatic carbocycles. The Morgan fingerprint density at radius 1 is 1.47 bits per heavy atom. The van der Waals surface area contributed by atoms with Gasteiger partial charge < -0.3 is 5.32 Å². The Labute approximate surface area is 99.4 Å². The van der Waals surface area contributed by atoms with Gasteiger partial charge in [0, 0.05) is 17.7 Å². The minimum absolute atomic E-state index is 0.248. The zero-order chi connectivity index (χ0) is 12.1. The number of halogens is 1. The third-order valence-corrected chi connectivity index (χ3v) is 2.40. The molecule has 2 rings (SSSR count). The molecule has 0 aliphatic rings. The number of nitrogens with zero attached hydrogens (tertiary/aromatic N) is 1. The summed E-state index contributed by atoms with van der Waals surface area (Å²) in [5.74, 6) is -0.248. The van der Waals surface area contributed by atoms with E-state index in [1.165, 1.54) is 12.1 Å². The highest BCUT2D eigenvalue weighted by atomic mass is 19.1. The molecule has 0 aliphatic heterocycles. The number of nitrogens with one attached hydrogen (secondary N) is 2. The lowest BCUT2D eigenvalue weighted by molar-refractivity contribution is 0.628. The molecule has 1 aromatic heterocycles. The molecule has 2 aromatic rings. The van der Waals surface area contributed by atoms with E-state index in [0.717, 1.165) is 23.4 Å². The smallest absolute Gasteiger partial charge is 0.123 e. The zero-order valence-electron chi connectivity index (χ0n) is 9.57. The van der Waals surface area contributed by atoms with Gasteiger partial charge in [-0.2, -0.15) is 5.10 Å². The lowest BCUT2D eigenvalue weighted by Gasteiger charge is -1.99. The molecule has 0 unspecified atom stereocenters. The normalized spacial score (nSPS) is 11.2. The van der Waals surface area contributed by atoms with Crippen LogP contribution in [0.5, 0.6) is 0 Å². The average Bonchev–Trinajstić information content (AvgIpc) is 2.78. The van der Waals surface area contributed by atoms with Crippen molar-refractivity contribution < 1.29 is 4.39 Å². The molecule has 2 N–H and O–H groups in total. The minimum Gasteiger partial charge on any atom is -0.316 e. The molecule has 0 bridgehead atoms. The second-order valence-electron chi connectivity index (χ2n) is 3.67. The van der Waals surface area contributed by atoms with E-state index in [4.69, 9.17) is 0 Å². The number of benzene rings is 1. The average molecular weight is 231 g/mol. The van der Waals surface area contributed by atoms with Crippen LogP contribution in [0.4, 0.5) is 4.39 Å². The molecule has 3 nitrogen and oxygen atoms in total. The molecule has 0 amide bonds. The van der Waals surface area contributed by atoms with Gasteiger partial charge in [-0.1, -0.05) is 24.3 Å². The van der Waals surface area contributed by atoms with Gasteiger partial charge in [0.1, 0.15) is 5.82 Å². The van der Waals surface area contributed by atoms with Crippen LogP contribution in [-0.4, -0.2) is 23.8 Å². The summed E-state index contributed by atoms with van der Waals surface area (Å²) in [7, 11) is 1.88. The maximum absolute atomic E-state index is 13.1. The number of hydrogen-bond acceptors (Lipinski definition) is 2. The Balaban J connectivity index is 2.30. The van der Waals surface area contributed by atoms with Gasteiger partial charge in [-0.15, -0.1) is 0 Å². The largest absolute Gasteiger partial charge is 0.316 e. The molecule has 0 spiro atoms. The van der Waals surface area contributed by atoms with Gasteiger partial charge in [-0.3, -0.25) is 5.10 Å². The third-order valence-electron chi connectivity index (χ3n) is 2.40. The first-order valence-corrected chi connectivity index (χ1v) is 5.41. The quantitative estimate of drug-likeness (QED) is 0.848. The van der Waals surface area contributed by atoms with Crippen LogP contribution < -0.4 is 5.32 Å². The highest BCUT2D eigenvalue weighted by Gasteiger charge is 2.05. The summed E-state index contributed by atoms with van der Waals surface area (Å²) < 4.78 is 13.1. The monoisotopic (exact) mass is 231 g/mol. The predicted molar refractivity (Wildman–Crippen MR) is 66.9 cm³/mol. The van der Waals surface area contributed by atoms with Gasteiger partial charge in [0.05, 0.1) is 11.9 Å². The van der Waals surface area contributed by atoms with Crippen LogP contribution in [-0.2, 0) is 0 Å². The Kier molecular flexibility index (Phi) is 3.67. The van der Waals surface area contributed by atoms with Crippen LogP contribution in [0.2, 0.25) is 0 Å². The van der Waals surface area contributed by atoms with E-state index in [9.17, 15) is 4.39 Å². The molecule has 1 heterocycles. The Hall–Kier alpha value is -1.94. The summed E-state index contributed by atoms with van der Waals surface area (Å²) in [6, 6.07) is 6.46. The SMILES string of the molecule is CNCC=Cc1cn[nH]c1-c1cccc(F)c1. The summed E-state index contributed by atoms with van der Waals surface area (Å²) in [6.45, 7) is 0.785. The summed E-state index contributed by atoms with van der Waals surface area (Å²) in [6.07, 6.45) is 5.68. The fourth-order valence-electron chi connectivity index (χ4n) is 1.60. The van der Waals surface area contributed by atoms with E-state index < -0.39 is 0 Å². The number of H-pyrrole nitrogens is 1. The standard InChI is InChI=1S/C13H14FN3/c1-15-7-3-5-11-9-16-17-13(11)10-4-2-6-12(14)8-10/h2-6,8-9,15H,7H2,1H3,(H,16,17). The fraction of sp³-hybridized carbons (Fsp3) is 0.154. The first-order chi connectivity index (χ1) is 8.31. The predicted octanol–water partition coefficient (Wildman–Crippen LogP) is 2.45. The lowest BCUT2D eigenvalue weighted by atomic mass is 10.1. The molecule has 0 radical (unpaired) electrons. The lowest BCUT2D eigenvalue weighted by Crippen LogP contribution is -2.03. The van der Waals surface area contributed by atoms with E-state index in [-0.39, 0.29) is 5.82 Å². The third kappa shape index (κ3) is 2.79. The number of rotatable bonds is 4. The number of hydrogen-bond donors (Lipinski definition) is 2. The zero-order valence-corrected chi connectivity index (χ0v) is 9.57. The van der Waals surface area contributed by atoms with Crippen molar-refractivity contribution in [2.24, 2.45) is 0 Å². The van der Waals surface area contributed by atoms with Crippen LogP contribution >= 0.6 is 0 Å². The number of aromatic nitrogens is 2. The summed E-state index contributed by atoms with van der Waals surface area (Å²) in [4.78, 5) is 0. The van der Waals surface area contributed by atoms with Gasteiger partial charge >= 0.3 is 0 Å². The maximum atomic E-state index is 13.1. The highest BCUT2D eigenvalue weighted by Crippen LogP contribution is 2.22. The molecule has 4 heteroatoms. The molecule has 0 atom stereocenters. The van der Waals surface area contributed by atoms with Crippen molar-refractivity contribution in [1.82, 2.24) is 15.5 Å². The van der Waals surface area contributed by atoms with Crippen molar-refractivity contribution in [1.29, 1.82) is 0 Å². The van der Waals surface area contributed by atoms with Crippen molar-refractivity contribution in [3.05, 3.63) is 47.9 Å². The van der Waals surface area contributed by atoms with Gasteiger partial charge in [0.15, 0.2) is 0 Å². The van der Waals surface area contributed by atoms with Crippen molar-refractivity contribution in [3.63, 3.8) is 0 Å². The van der Waals surface area contributed by atoms with Crippen LogP contribution in [0, 0.1) is 5.82 Å². The molecule has 0 aliphatic carbocycles. The Morgan fingerprint density at radius 3 is 3.12 bits per heavy atom. The van der Waals surface area contributed by atoms with E-state index in [1.54, 1.807) is 12.3 Å². The summed E-state index contributed by atoms with van der Waals surface area (Å²) >= 11 is 0. The summed E-state index contributed by atoms with van der Waals surface area (Å²) in [5.41, 5.74) is 2.58. The molecule has 0 fully saturated rings. The first-order valence-electron chi connectivity index (χ1n) is 5.41. The van der Waals surface area contributed by atoms with Crippen LogP contribution in [0.15, 0.2) is 36.5 Å². The molecule has 0 saturated heterocycles. The second kappa shape index (κ2) is 5.41. The van der Waals surface area contributed by atoms with E-state index in [0.29, 0.717) is 0 Å². The van der Waals surface area contributed by atoms with Gasteiger partial charge in [-0.25, -0.2) is 4.39 Å². The Bertz CT molecular complexity index is 517. The number of aromatic amines is 1. The summed E-state index contributed by atoms with van der Waals surface area (Å²) in [5, 5.41) is 9.90. The first kappa shape index (κ1) is 11.5. The van der Waals surface area contributed by atoms with Crippen molar-refractivity contribution in [2.75, 3.05) is 13.6 Å². The van der Waals surface area contributed by atoms with E-state index in [2.05, 4.69) is 15.5 Å². The molecule has 0 saturated carbocycles. The van der Waals surface area contributed by atoms with Crippen molar-refractivity contribution in [2.45, 2.75) is 0 Å².